The van der Waals surface area contributed by atoms with Crippen LogP contribution in [0.5, 0.6) is 0 Å². The van der Waals surface area contributed by atoms with Crippen molar-refractivity contribution in [1.29, 1.82) is 0 Å². The van der Waals surface area contributed by atoms with Crippen molar-refractivity contribution < 1.29 is 22.7 Å². The summed E-state index contributed by atoms with van der Waals surface area (Å²) in [6.07, 6.45) is 1.50. The van der Waals surface area contributed by atoms with Gasteiger partial charge in [0.05, 0.1) is 16.2 Å². The number of carbonyl (C=O) groups is 1. The molecule has 0 bridgehead atoms. The lowest BCUT2D eigenvalue weighted by Gasteiger charge is -2.08. The molecule has 0 fully saturated rings. The quantitative estimate of drug-likeness (QED) is 0.863. The molecule has 0 aromatic heterocycles. The summed E-state index contributed by atoms with van der Waals surface area (Å²) in [6.45, 7) is 4.81. The topological polar surface area (TPSA) is 71.4 Å². The van der Waals surface area contributed by atoms with Crippen molar-refractivity contribution in [3.63, 3.8) is 0 Å². The number of allylic oxidation sites excluding steroid dienone is 1. The standard InChI is InChI=1S/C13H15FO4S/c1-8(2)4-5-19(17,18)12-7-10(13(15)16)6-11(14)9(12)3/h4,6-7H,5H2,1-3H3,(H,15,16). The molecule has 19 heavy (non-hydrogen) atoms. The van der Waals surface area contributed by atoms with Crippen molar-refractivity contribution in [3.8, 4) is 0 Å². The van der Waals surface area contributed by atoms with E-state index in [1.165, 1.54) is 13.0 Å². The Morgan fingerprint density at radius 1 is 1.37 bits per heavy atom. The molecule has 6 heteroatoms. The minimum Gasteiger partial charge on any atom is -0.478 e. The first kappa shape index (κ1) is 15.4. The van der Waals surface area contributed by atoms with Crippen LogP contribution in [0.3, 0.4) is 0 Å². The molecule has 0 amide bonds. The summed E-state index contributed by atoms with van der Waals surface area (Å²) in [7, 11) is -3.74. The van der Waals surface area contributed by atoms with Gasteiger partial charge in [-0.1, -0.05) is 11.6 Å². The molecule has 0 aliphatic carbocycles. The molecule has 1 rings (SSSR count). The van der Waals surface area contributed by atoms with Crippen LogP contribution in [-0.2, 0) is 9.84 Å². The molecule has 1 N–H and O–H groups in total. The number of hydrogen-bond acceptors (Lipinski definition) is 3. The van der Waals surface area contributed by atoms with E-state index in [9.17, 15) is 17.6 Å². The summed E-state index contributed by atoms with van der Waals surface area (Å²) in [5, 5.41) is 8.84. The predicted octanol–water partition coefficient (Wildman–Crippen LogP) is 2.57. The van der Waals surface area contributed by atoms with E-state index < -0.39 is 21.6 Å². The number of rotatable bonds is 4. The smallest absolute Gasteiger partial charge is 0.335 e. The number of aromatic carboxylic acids is 1. The number of carboxylic acid groups (broad SMARTS) is 1. The summed E-state index contributed by atoms with van der Waals surface area (Å²) >= 11 is 0. The largest absolute Gasteiger partial charge is 0.478 e. The van der Waals surface area contributed by atoms with E-state index in [0.717, 1.165) is 17.7 Å². The fourth-order valence-corrected chi connectivity index (χ4v) is 3.07. The third kappa shape index (κ3) is 3.64. The third-order valence-electron chi connectivity index (χ3n) is 2.59. The van der Waals surface area contributed by atoms with E-state index in [1.54, 1.807) is 13.8 Å². The van der Waals surface area contributed by atoms with Crippen LogP contribution in [0.25, 0.3) is 0 Å². The van der Waals surface area contributed by atoms with E-state index in [2.05, 4.69) is 0 Å². The van der Waals surface area contributed by atoms with Gasteiger partial charge in [0.15, 0.2) is 9.84 Å². The minimum atomic E-state index is -3.74. The fourth-order valence-electron chi connectivity index (χ4n) is 1.47. The van der Waals surface area contributed by atoms with Crippen LogP contribution >= 0.6 is 0 Å². The highest BCUT2D eigenvalue weighted by Crippen LogP contribution is 2.22. The van der Waals surface area contributed by atoms with Crippen LogP contribution in [0.1, 0.15) is 29.8 Å². The monoisotopic (exact) mass is 286 g/mol. The van der Waals surface area contributed by atoms with Crippen LogP contribution in [0.15, 0.2) is 28.7 Å². The molecule has 0 unspecified atom stereocenters. The fraction of sp³-hybridized carbons (Fsp3) is 0.308. The zero-order chi connectivity index (χ0) is 14.8. The Balaban J connectivity index is 3.41. The summed E-state index contributed by atoms with van der Waals surface area (Å²) in [5.41, 5.74) is 0.377. The van der Waals surface area contributed by atoms with Crippen molar-refractivity contribution in [2.75, 3.05) is 5.75 Å². The summed E-state index contributed by atoms with van der Waals surface area (Å²) in [5.74, 6) is -2.48. The first-order valence-corrected chi connectivity index (χ1v) is 7.20. The van der Waals surface area contributed by atoms with Gasteiger partial charge in [0.1, 0.15) is 5.82 Å². The molecule has 104 valence electrons. The molecule has 0 spiro atoms. The lowest BCUT2D eigenvalue weighted by molar-refractivity contribution is 0.0696. The molecule has 1 aromatic rings. The average molecular weight is 286 g/mol. The number of hydrogen-bond donors (Lipinski definition) is 1. The summed E-state index contributed by atoms with van der Waals surface area (Å²) < 4.78 is 37.7. The number of sulfone groups is 1. The Morgan fingerprint density at radius 2 is 1.95 bits per heavy atom. The van der Waals surface area contributed by atoms with Crippen LogP contribution in [0, 0.1) is 12.7 Å². The van der Waals surface area contributed by atoms with Gasteiger partial charge in [-0.2, -0.15) is 0 Å². The molecule has 0 radical (unpaired) electrons. The van der Waals surface area contributed by atoms with E-state index >= 15 is 0 Å². The second-order valence-corrected chi connectivity index (χ2v) is 6.45. The second-order valence-electron chi connectivity index (χ2n) is 4.45. The molecule has 0 aliphatic heterocycles. The molecule has 1 aromatic carbocycles. The Bertz CT molecular complexity index is 641. The SMILES string of the molecule is CC(C)=CCS(=O)(=O)c1cc(C(=O)O)cc(F)c1C. The highest BCUT2D eigenvalue weighted by molar-refractivity contribution is 7.91. The van der Waals surface area contributed by atoms with E-state index in [1.807, 2.05) is 0 Å². The normalized spacial score (nSPS) is 11.2. The maximum absolute atomic E-state index is 13.6. The van der Waals surface area contributed by atoms with Gasteiger partial charge in [0.2, 0.25) is 0 Å². The highest BCUT2D eigenvalue weighted by atomic mass is 32.2. The van der Waals surface area contributed by atoms with Gasteiger partial charge in [-0.25, -0.2) is 17.6 Å². The Kier molecular flexibility index (Phi) is 4.47. The third-order valence-corrected chi connectivity index (χ3v) is 4.29. The molecule has 0 saturated carbocycles. The zero-order valence-electron chi connectivity index (χ0n) is 10.9. The van der Waals surface area contributed by atoms with Crippen molar-refractivity contribution in [2.24, 2.45) is 0 Å². The molecular formula is C13H15FO4S. The van der Waals surface area contributed by atoms with Crippen molar-refractivity contribution in [1.82, 2.24) is 0 Å². The van der Waals surface area contributed by atoms with Crippen LogP contribution in [-0.4, -0.2) is 25.2 Å². The molecule has 0 heterocycles. The molecule has 0 aliphatic rings. The van der Waals surface area contributed by atoms with Gasteiger partial charge in [-0.3, -0.25) is 0 Å². The lowest BCUT2D eigenvalue weighted by Crippen LogP contribution is -2.10. The van der Waals surface area contributed by atoms with Gasteiger partial charge < -0.3 is 5.11 Å². The first-order valence-electron chi connectivity index (χ1n) is 5.54. The first-order chi connectivity index (χ1) is 8.65. The molecule has 0 saturated heterocycles. The van der Waals surface area contributed by atoms with Gasteiger partial charge in [-0.15, -0.1) is 0 Å². The Labute approximate surface area is 111 Å². The predicted molar refractivity (Wildman–Crippen MR) is 69.6 cm³/mol. The summed E-state index contributed by atoms with van der Waals surface area (Å²) in [4.78, 5) is 10.6. The van der Waals surface area contributed by atoms with Crippen molar-refractivity contribution in [3.05, 3.63) is 40.7 Å². The van der Waals surface area contributed by atoms with E-state index in [-0.39, 0.29) is 21.8 Å². The van der Waals surface area contributed by atoms with Crippen LogP contribution in [0.2, 0.25) is 0 Å². The Morgan fingerprint density at radius 3 is 2.42 bits per heavy atom. The zero-order valence-corrected chi connectivity index (χ0v) is 11.7. The molecule has 4 nitrogen and oxygen atoms in total. The maximum atomic E-state index is 13.6. The number of carboxylic acids is 1. The van der Waals surface area contributed by atoms with Crippen molar-refractivity contribution >= 4 is 15.8 Å². The van der Waals surface area contributed by atoms with Crippen LogP contribution < -0.4 is 0 Å². The van der Waals surface area contributed by atoms with Gasteiger partial charge in [0.25, 0.3) is 0 Å². The highest BCUT2D eigenvalue weighted by Gasteiger charge is 2.21. The molecule has 0 atom stereocenters. The second kappa shape index (κ2) is 5.52. The lowest BCUT2D eigenvalue weighted by atomic mass is 10.1. The van der Waals surface area contributed by atoms with Crippen LogP contribution in [0.4, 0.5) is 4.39 Å². The van der Waals surface area contributed by atoms with Gasteiger partial charge in [-0.05, 0) is 32.9 Å². The van der Waals surface area contributed by atoms with Crippen molar-refractivity contribution in [2.45, 2.75) is 25.7 Å². The minimum absolute atomic E-state index is 0.0628. The average Bonchev–Trinajstić information content (AvgIpc) is 2.29. The number of halogens is 1. The maximum Gasteiger partial charge on any atom is 0.335 e. The van der Waals surface area contributed by atoms with Gasteiger partial charge >= 0.3 is 5.97 Å². The molecular weight excluding hydrogens is 271 g/mol. The summed E-state index contributed by atoms with van der Waals surface area (Å²) in [6, 6.07) is 1.81. The van der Waals surface area contributed by atoms with E-state index in [0.29, 0.717) is 0 Å². The van der Waals surface area contributed by atoms with E-state index in [4.69, 9.17) is 5.11 Å². The van der Waals surface area contributed by atoms with Gasteiger partial charge in [0, 0.05) is 5.56 Å². The Hall–Kier alpha value is -1.69. The number of benzene rings is 1.